The van der Waals surface area contributed by atoms with Crippen molar-refractivity contribution in [2.75, 3.05) is 39.6 Å². The van der Waals surface area contributed by atoms with Gasteiger partial charge in [0.25, 0.3) is 0 Å². The van der Waals surface area contributed by atoms with E-state index in [0.717, 1.165) is 108 Å². The summed E-state index contributed by atoms with van der Waals surface area (Å²) in [6.07, 6.45) is 52.5. The number of aliphatic hydroxyl groups is 1. The zero-order valence-corrected chi connectivity index (χ0v) is 63.9. The van der Waals surface area contributed by atoms with Crippen LogP contribution in [0, 0.1) is 17.8 Å². The summed E-state index contributed by atoms with van der Waals surface area (Å²) in [5, 5.41) is 10.6. The van der Waals surface area contributed by atoms with Crippen LogP contribution in [-0.4, -0.2) is 96.7 Å². The zero-order chi connectivity index (χ0) is 70.1. The van der Waals surface area contributed by atoms with Crippen molar-refractivity contribution in [2.45, 2.75) is 407 Å². The SMILES string of the molecule is CCCCCCCCCCCCCCC(=O)O[C@H](COC(=O)CCCCCCCCCCC(C)C)COP(=O)(O)OC[C@H](O)COP(=O)(O)OC[C@@H](COC(=O)CCCCCCCCCCCCC(C)CC)OC(=O)CCCCCCCCCCCCCCCCC(C)CC. The van der Waals surface area contributed by atoms with Gasteiger partial charge in [-0.25, -0.2) is 9.13 Å². The summed E-state index contributed by atoms with van der Waals surface area (Å²) in [5.41, 5.74) is 0. The fourth-order valence-corrected chi connectivity index (χ4v) is 13.1. The highest BCUT2D eigenvalue weighted by Crippen LogP contribution is 2.45. The molecule has 0 heterocycles. The van der Waals surface area contributed by atoms with Gasteiger partial charge in [0, 0.05) is 25.7 Å². The Bertz CT molecular complexity index is 1860. The normalized spacial score (nSPS) is 14.6. The first-order valence-corrected chi connectivity index (χ1v) is 42.4. The van der Waals surface area contributed by atoms with E-state index >= 15 is 0 Å². The van der Waals surface area contributed by atoms with Gasteiger partial charge in [-0.2, -0.15) is 0 Å². The Hall–Kier alpha value is -1.94. The van der Waals surface area contributed by atoms with Crippen molar-refractivity contribution in [3.8, 4) is 0 Å². The molecule has 7 atom stereocenters. The molecule has 0 aliphatic carbocycles. The predicted molar refractivity (Wildman–Crippen MR) is 386 cm³/mol. The van der Waals surface area contributed by atoms with Crippen LogP contribution in [0.3, 0.4) is 0 Å². The summed E-state index contributed by atoms with van der Waals surface area (Å²) in [6, 6.07) is 0. The molecule has 17 nitrogen and oxygen atoms in total. The molecule has 564 valence electrons. The first-order valence-electron chi connectivity index (χ1n) is 39.4. The molecule has 0 fully saturated rings. The number of phosphoric ester groups is 2. The van der Waals surface area contributed by atoms with Gasteiger partial charge in [-0.3, -0.25) is 37.3 Å². The maximum Gasteiger partial charge on any atom is 0.472 e. The lowest BCUT2D eigenvalue weighted by atomic mass is 9.99. The summed E-state index contributed by atoms with van der Waals surface area (Å²) in [7, 11) is -9.91. The minimum Gasteiger partial charge on any atom is -0.462 e. The molecule has 19 heteroatoms. The standard InChI is InChI=1S/C76H148O17P2/c1-8-11-12-13-14-15-16-22-29-38-45-52-59-75(80)93-72(64-87-74(79)58-51-44-37-32-31-33-40-47-54-67(4)5)66-91-95(84,85)89-62-70(77)61-88-94(82,83)90-65-71(63-86-73(78)57-50-43-36-28-25-24-27-35-42-49-56-69(7)10-3)92-76(81)60-53-46-39-30-23-20-18-17-19-21-26-34-41-48-55-68(6)9-2/h67-72,77H,8-66H2,1-7H3,(H,82,83)(H,84,85)/t68?,69?,70-,71-,72-/m1/s1. The lowest BCUT2D eigenvalue weighted by Gasteiger charge is -2.21. The third-order valence-electron chi connectivity index (χ3n) is 18.4. The Morgan fingerprint density at radius 3 is 0.800 bits per heavy atom. The molecular weight excluding hydrogens is 1250 g/mol. The van der Waals surface area contributed by atoms with Crippen molar-refractivity contribution in [1.82, 2.24) is 0 Å². The van der Waals surface area contributed by atoms with E-state index < -0.39 is 97.5 Å². The van der Waals surface area contributed by atoms with Gasteiger partial charge >= 0.3 is 39.5 Å². The predicted octanol–water partition coefficient (Wildman–Crippen LogP) is 22.2. The van der Waals surface area contributed by atoms with Crippen LogP contribution in [0.15, 0.2) is 0 Å². The van der Waals surface area contributed by atoms with Crippen LogP contribution in [0.5, 0.6) is 0 Å². The Morgan fingerprint density at radius 1 is 0.305 bits per heavy atom. The van der Waals surface area contributed by atoms with E-state index in [2.05, 4.69) is 48.5 Å². The maximum atomic E-state index is 13.1. The fourth-order valence-electron chi connectivity index (χ4n) is 11.5. The molecule has 0 rings (SSSR count). The molecule has 0 amide bonds. The third-order valence-corrected chi connectivity index (χ3v) is 20.3. The van der Waals surface area contributed by atoms with Crippen molar-refractivity contribution in [3.05, 3.63) is 0 Å². The van der Waals surface area contributed by atoms with Crippen LogP contribution in [0.4, 0.5) is 0 Å². The first kappa shape index (κ1) is 93.1. The summed E-state index contributed by atoms with van der Waals surface area (Å²) in [4.78, 5) is 72.8. The topological polar surface area (TPSA) is 237 Å². The Balaban J connectivity index is 5.26. The van der Waals surface area contributed by atoms with Gasteiger partial charge in [0.2, 0.25) is 0 Å². The molecule has 4 unspecified atom stereocenters. The molecular formula is C76H148O17P2. The number of hydrogen-bond acceptors (Lipinski definition) is 15. The van der Waals surface area contributed by atoms with Crippen LogP contribution in [0.25, 0.3) is 0 Å². The van der Waals surface area contributed by atoms with Gasteiger partial charge in [0.05, 0.1) is 26.4 Å². The fraction of sp³-hybridized carbons (Fsp3) is 0.947. The second kappa shape index (κ2) is 66.6. The maximum absolute atomic E-state index is 13.1. The molecule has 0 saturated heterocycles. The minimum atomic E-state index is -4.96. The van der Waals surface area contributed by atoms with Gasteiger partial charge in [0.15, 0.2) is 12.2 Å². The van der Waals surface area contributed by atoms with Crippen LogP contribution in [-0.2, 0) is 65.4 Å². The second-order valence-electron chi connectivity index (χ2n) is 28.4. The monoisotopic (exact) mass is 1400 g/mol. The number of hydrogen-bond donors (Lipinski definition) is 3. The average molecular weight is 1400 g/mol. The molecule has 0 aliphatic rings. The van der Waals surface area contributed by atoms with E-state index in [1.165, 1.54) is 199 Å². The van der Waals surface area contributed by atoms with Gasteiger partial charge in [-0.05, 0) is 43.4 Å². The number of ether oxygens (including phenoxy) is 4. The largest absolute Gasteiger partial charge is 0.472 e. The molecule has 0 spiro atoms. The highest BCUT2D eigenvalue weighted by atomic mass is 31.2. The van der Waals surface area contributed by atoms with Crippen molar-refractivity contribution in [1.29, 1.82) is 0 Å². The molecule has 0 aromatic carbocycles. The van der Waals surface area contributed by atoms with Gasteiger partial charge < -0.3 is 33.8 Å². The van der Waals surface area contributed by atoms with Crippen LogP contribution < -0.4 is 0 Å². The molecule has 0 saturated carbocycles. The van der Waals surface area contributed by atoms with Crippen LogP contribution >= 0.6 is 15.6 Å². The molecule has 0 aromatic heterocycles. The number of carbonyl (C=O) groups excluding carboxylic acids is 4. The van der Waals surface area contributed by atoms with E-state index in [0.29, 0.717) is 25.7 Å². The Labute approximate surface area is 581 Å². The zero-order valence-electron chi connectivity index (χ0n) is 62.1. The number of esters is 4. The minimum absolute atomic E-state index is 0.107. The smallest absolute Gasteiger partial charge is 0.462 e. The average Bonchev–Trinajstić information content (AvgIpc) is 1.48. The van der Waals surface area contributed by atoms with Gasteiger partial charge in [0.1, 0.15) is 19.3 Å². The van der Waals surface area contributed by atoms with Crippen LogP contribution in [0.2, 0.25) is 0 Å². The van der Waals surface area contributed by atoms with Gasteiger partial charge in [-0.1, -0.05) is 337 Å². The molecule has 3 N–H and O–H groups in total. The number of unbranched alkanes of at least 4 members (excludes halogenated alkanes) is 40. The molecule has 0 aliphatic heterocycles. The lowest BCUT2D eigenvalue weighted by molar-refractivity contribution is -0.161. The second-order valence-corrected chi connectivity index (χ2v) is 31.3. The summed E-state index contributed by atoms with van der Waals surface area (Å²) in [6.45, 7) is 11.9. The third kappa shape index (κ3) is 67.6. The first-order chi connectivity index (χ1) is 45.8. The van der Waals surface area contributed by atoms with E-state index in [-0.39, 0.29) is 25.7 Å². The number of rotatable bonds is 74. The lowest BCUT2D eigenvalue weighted by Crippen LogP contribution is -2.30. The number of phosphoric acid groups is 2. The molecule has 95 heavy (non-hydrogen) atoms. The number of aliphatic hydroxyl groups excluding tert-OH is 1. The molecule has 0 aromatic rings. The Morgan fingerprint density at radius 2 is 0.537 bits per heavy atom. The molecule has 0 bridgehead atoms. The van der Waals surface area contributed by atoms with Gasteiger partial charge in [-0.15, -0.1) is 0 Å². The van der Waals surface area contributed by atoms with Crippen molar-refractivity contribution in [2.24, 2.45) is 17.8 Å². The number of carbonyl (C=O) groups is 4. The molecule has 0 radical (unpaired) electrons. The van der Waals surface area contributed by atoms with Crippen molar-refractivity contribution in [3.63, 3.8) is 0 Å². The van der Waals surface area contributed by atoms with E-state index in [9.17, 15) is 43.2 Å². The van der Waals surface area contributed by atoms with E-state index in [4.69, 9.17) is 37.0 Å². The van der Waals surface area contributed by atoms with Crippen LogP contribution in [0.1, 0.15) is 389 Å². The van der Waals surface area contributed by atoms with E-state index in [1.54, 1.807) is 0 Å². The van der Waals surface area contributed by atoms with Crippen molar-refractivity contribution >= 4 is 39.5 Å². The highest BCUT2D eigenvalue weighted by molar-refractivity contribution is 7.47. The van der Waals surface area contributed by atoms with Crippen molar-refractivity contribution < 1.29 is 80.2 Å². The summed E-state index contributed by atoms with van der Waals surface area (Å²) in [5.74, 6) is 0.265. The Kier molecular flexibility index (Phi) is 65.2. The quantitative estimate of drug-likeness (QED) is 0.0222. The highest BCUT2D eigenvalue weighted by Gasteiger charge is 2.30. The summed E-state index contributed by atoms with van der Waals surface area (Å²) < 4.78 is 68.5. The summed E-state index contributed by atoms with van der Waals surface area (Å²) >= 11 is 0. The van der Waals surface area contributed by atoms with E-state index in [1.807, 2.05) is 0 Å².